The van der Waals surface area contributed by atoms with Gasteiger partial charge in [-0.2, -0.15) is 0 Å². The lowest BCUT2D eigenvalue weighted by Gasteiger charge is -2.26. The highest BCUT2D eigenvalue weighted by Crippen LogP contribution is 2.11. The van der Waals surface area contributed by atoms with E-state index in [1.807, 2.05) is 24.3 Å². The number of morpholine rings is 1. The Kier molecular flexibility index (Phi) is 8.21. The van der Waals surface area contributed by atoms with E-state index >= 15 is 0 Å². The van der Waals surface area contributed by atoms with Crippen LogP contribution >= 0.6 is 0 Å². The Morgan fingerprint density at radius 1 is 1.28 bits per heavy atom. The standard InChI is InChI=1S/C18H29N5O2/c1-3-19-18(20-7-8-23-9-11-25-12-10-23)21-14-16-5-4-6-17(13-16)22-15(2)24/h4-6,13H,3,7-12,14H2,1-2H3,(H,22,24)(H2,19,20,21). The number of benzene rings is 1. The number of carbonyl (C=O) groups is 1. The molecule has 0 radical (unpaired) electrons. The molecule has 138 valence electrons. The largest absolute Gasteiger partial charge is 0.379 e. The molecule has 25 heavy (non-hydrogen) atoms. The number of aliphatic imine (C=N–C) groups is 1. The Morgan fingerprint density at radius 3 is 2.80 bits per heavy atom. The van der Waals surface area contributed by atoms with Crippen molar-refractivity contribution in [1.82, 2.24) is 15.5 Å². The smallest absolute Gasteiger partial charge is 0.221 e. The third-order valence-corrected chi connectivity index (χ3v) is 3.84. The van der Waals surface area contributed by atoms with Gasteiger partial charge in [-0.05, 0) is 24.6 Å². The van der Waals surface area contributed by atoms with Gasteiger partial charge >= 0.3 is 0 Å². The molecule has 0 saturated carbocycles. The second-order valence-corrected chi connectivity index (χ2v) is 5.96. The molecule has 1 aliphatic rings. The van der Waals surface area contributed by atoms with Crippen LogP contribution in [0.15, 0.2) is 29.3 Å². The average molecular weight is 347 g/mol. The van der Waals surface area contributed by atoms with Crippen LogP contribution < -0.4 is 16.0 Å². The number of carbonyl (C=O) groups excluding carboxylic acids is 1. The lowest BCUT2D eigenvalue weighted by atomic mass is 10.2. The molecule has 1 amide bonds. The minimum absolute atomic E-state index is 0.0706. The zero-order chi connectivity index (χ0) is 17.9. The SMILES string of the molecule is CCNC(=NCc1cccc(NC(C)=O)c1)NCCN1CCOCC1. The summed E-state index contributed by atoms with van der Waals surface area (Å²) in [5.41, 5.74) is 1.85. The fourth-order valence-electron chi connectivity index (χ4n) is 2.62. The van der Waals surface area contributed by atoms with Gasteiger partial charge in [-0.25, -0.2) is 4.99 Å². The van der Waals surface area contributed by atoms with Gasteiger partial charge in [0.1, 0.15) is 0 Å². The van der Waals surface area contributed by atoms with E-state index < -0.39 is 0 Å². The Balaban J connectivity index is 1.84. The number of amides is 1. The summed E-state index contributed by atoms with van der Waals surface area (Å²) in [6.45, 7) is 10.4. The van der Waals surface area contributed by atoms with Crippen molar-refractivity contribution < 1.29 is 9.53 Å². The number of ether oxygens (including phenoxy) is 1. The van der Waals surface area contributed by atoms with Gasteiger partial charge in [-0.3, -0.25) is 9.69 Å². The molecule has 1 aliphatic heterocycles. The number of hydrogen-bond acceptors (Lipinski definition) is 4. The van der Waals surface area contributed by atoms with Crippen molar-refractivity contribution in [2.24, 2.45) is 4.99 Å². The molecule has 0 spiro atoms. The molecule has 0 unspecified atom stereocenters. The van der Waals surface area contributed by atoms with Crippen LogP contribution in [-0.4, -0.2) is 62.7 Å². The van der Waals surface area contributed by atoms with E-state index in [-0.39, 0.29) is 5.91 Å². The van der Waals surface area contributed by atoms with Crippen molar-refractivity contribution in [3.05, 3.63) is 29.8 Å². The number of rotatable bonds is 7. The fourth-order valence-corrected chi connectivity index (χ4v) is 2.62. The summed E-state index contributed by atoms with van der Waals surface area (Å²) in [5.74, 6) is 0.736. The predicted molar refractivity (Wildman–Crippen MR) is 101 cm³/mol. The van der Waals surface area contributed by atoms with E-state index in [0.717, 1.165) is 63.1 Å². The van der Waals surface area contributed by atoms with Crippen LogP contribution in [-0.2, 0) is 16.1 Å². The van der Waals surface area contributed by atoms with Crippen LogP contribution in [0.25, 0.3) is 0 Å². The summed E-state index contributed by atoms with van der Waals surface area (Å²) in [6.07, 6.45) is 0. The summed E-state index contributed by atoms with van der Waals surface area (Å²) >= 11 is 0. The van der Waals surface area contributed by atoms with Crippen LogP contribution in [0.3, 0.4) is 0 Å². The zero-order valence-corrected chi connectivity index (χ0v) is 15.2. The Hall–Kier alpha value is -2.12. The minimum atomic E-state index is -0.0706. The van der Waals surface area contributed by atoms with Crippen LogP contribution in [0, 0.1) is 0 Å². The molecule has 0 aliphatic carbocycles. The summed E-state index contributed by atoms with van der Waals surface area (Å²) in [5, 5.41) is 9.43. The van der Waals surface area contributed by atoms with E-state index in [1.54, 1.807) is 0 Å². The first-order valence-corrected chi connectivity index (χ1v) is 8.86. The Bertz CT molecular complexity index is 570. The minimum Gasteiger partial charge on any atom is -0.379 e. The predicted octanol–water partition coefficient (Wildman–Crippen LogP) is 1.03. The second kappa shape index (κ2) is 10.7. The van der Waals surface area contributed by atoms with Crippen LogP contribution in [0.1, 0.15) is 19.4 Å². The molecule has 1 fully saturated rings. The van der Waals surface area contributed by atoms with Crippen LogP contribution in [0.4, 0.5) is 5.69 Å². The fraction of sp³-hybridized carbons (Fsp3) is 0.556. The van der Waals surface area contributed by atoms with E-state index in [0.29, 0.717) is 6.54 Å². The van der Waals surface area contributed by atoms with Crippen molar-refractivity contribution in [2.45, 2.75) is 20.4 Å². The topological polar surface area (TPSA) is 78.0 Å². The maximum Gasteiger partial charge on any atom is 0.221 e. The Labute approximate surface area is 149 Å². The van der Waals surface area contributed by atoms with Gasteiger partial charge in [0.25, 0.3) is 0 Å². The van der Waals surface area contributed by atoms with E-state index in [2.05, 4.69) is 32.8 Å². The van der Waals surface area contributed by atoms with Crippen molar-refractivity contribution in [3.8, 4) is 0 Å². The molecular formula is C18H29N5O2. The zero-order valence-electron chi connectivity index (χ0n) is 15.2. The van der Waals surface area contributed by atoms with Crippen LogP contribution in [0.5, 0.6) is 0 Å². The molecule has 1 aromatic rings. The number of guanidine groups is 1. The molecule has 1 aromatic carbocycles. The average Bonchev–Trinajstić information content (AvgIpc) is 2.60. The maximum absolute atomic E-state index is 11.2. The first kappa shape index (κ1) is 19.2. The number of hydrogen-bond donors (Lipinski definition) is 3. The lowest BCUT2D eigenvalue weighted by molar-refractivity contribution is -0.114. The van der Waals surface area contributed by atoms with Gasteiger partial charge in [0.2, 0.25) is 5.91 Å². The molecule has 2 rings (SSSR count). The molecule has 3 N–H and O–H groups in total. The van der Waals surface area contributed by atoms with Crippen molar-refractivity contribution in [1.29, 1.82) is 0 Å². The molecule has 0 atom stereocenters. The van der Waals surface area contributed by atoms with Gasteiger partial charge in [0.05, 0.1) is 19.8 Å². The van der Waals surface area contributed by atoms with Gasteiger partial charge in [-0.15, -0.1) is 0 Å². The first-order chi connectivity index (χ1) is 12.2. The van der Waals surface area contributed by atoms with Gasteiger partial charge in [-0.1, -0.05) is 12.1 Å². The van der Waals surface area contributed by atoms with E-state index in [1.165, 1.54) is 6.92 Å². The summed E-state index contributed by atoms with van der Waals surface area (Å²) in [7, 11) is 0. The monoisotopic (exact) mass is 347 g/mol. The van der Waals surface area contributed by atoms with Gasteiger partial charge in [0.15, 0.2) is 5.96 Å². The normalized spacial score (nSPS) is 15.7. The Morgan fingerprint density at radius 2 is 2.08 bits per heavy atom. The van der Waals surface area contributed by atoms with E-state index in [9.17, 15) is 4.79 Å². The molecule has 0 bridgehead atoms. The van der Waals surface area contributed by atoms with Gasteiger partial charge in [0, 0.05) is 45.3 Å². The summed E-state index contributed by atoms with van der Waals surface area (Å²) in [6, 6.07) is 7.75. The first-order valence-electron chi connectivity index (χ1n) is 8.86. The highest BCUT2D eigenvalue weighted by atomic mass is 16.5. The third kappa shape index (κ3) is 7.53. The quantitative estimate of drug-likeness (QED) is 0.507. The lowest BCUT2D eigenvalue weighted by Crippen LogP contribution is -2.44. The van der Waals surface area contributed by atoms with Crippen molar-refractivity contribution >= 4 is 17.6 Å². The molecule has 0 aromatic heterocycles. The van der Waals surface area contributed by atoms with Crippen molar-refractivity contribution in [2.75, 3.05) is 51.3 Å². The highest BCUT2D eigenvalue weighted by molar-refractivity contribution is 5.88. The highest BCUT2D eigenvalue weighted by Gasteiger charge is 2.09. The molecule has 1 heterocycles. The molecular weight excluding hydrogens is 318 g/mol. The summed E-state index contributed by atoms with van der Waals surface area (Å²) in [4.78, 5) is 18.2. The van der Waals surface area contributed by atoms with E-state index in [4.69, 9.17) is 4.74 Å². The number of nitrogens with one attached hydrogen (secondary N) is 3. The third-order valence-electron chi connectivity index (χ3n) is 3.84. The molecule has 7 heteroatoms. The second-order valence-electron chi connectivity index (χ2n) is 5.96. The molecule has 1 saturated heterocycles. The summed E-state index contributed by atoms with van der Waals surface area (Å²) < 4.78 is 5.36. The van der Waals surface area contributed by atoms with Gasteiger partial charge < -0.3 is 20.7 Å². The number of nitrogens with zero attached hydrogens (tertiary/aromatic N) is 2. The number of anilines is 1. The van der Waals surface area contributed by atoms with Crippen molar-refractivity contribution in [3.63, 3.8) is 0 Å². The maximum atomic E-state index is 11.2. The van der Waals surface area contributed by atoms with Crippen LogP contribution in [0.2, 0.25) is 0 Å². The molecule has 7 nitrogen and oxygen atoms in total.